The molecule has 0 saturated carbocycles. The third kappa shape index (κ3) is 6.11. The first-order chi connectivity index (χ1) is 17.0. The highest BCUT2D eigenvalue weighted by Crippen LogP contribution is 2.24. The van der Waals surface area contributed by atoms with Crippen LogP contribution in [-0.2, 0) is 6.61 Å². The summed E-state index contributed by atoms with van der Waals surface area (Å²) in [6, 6.07) is 22.8. The van der Waals surface area contributed by atoms with Crippen LogP contribution in [0.3, 0.4) is 0 Å². The smallest absolute Gasteiger partial charge is 0.387 e. The summed E-state index contributed by atoms with van der Waals surface area (Å²) >= 11 is 0. The average molecular weight is 475 g/mol. The molecule has 0 fully saturated rings. The number of hydrazine groups is 1. The van der Waals surface area contributed by atoms with Crippen molar-refractivity contribution in [3.05, 3.63) is 108 Å². The van der Waals surface area contributed by atoms with Crippen molar-refractivity contribution in [1.82, 2.24) is 15.8 Å². The molecule has 8 heteroatoms. The van der Waals surface area contributed by atoms with E-state index in [1.165, 1.54) is 12.1 Å². The maximum atomic E-state index is 12.6. The molecule has 0 saturated heterocycles. The van der Waals surface area contributed by atoms with Crippen LogP contribution >= 0.6 is 0 Å². The number of pyridine rings is 1. The maximum absolute atomic E-state index is 12.6. The topological polar surface area (TPSA) is 72.5 Å². The summed E-state index contributed by atoms with van der Waals surface area (Å²) in [4.78, 5) is 16.9. The van der Waals surface area contributed by atoms with Crippen molar-refractivity contribution in [1.29, 1.82) is 0 Å². The Morgan fingerprint density at radius 1 is 0.943 bits per heavy atom. The summed E-state index contributed by atoms with van der Waals surface area (Å²) in [5, 5.41) is 1.00. The van der Waals surface area contributed by atoms with Crippen molar-refractivity contribution in [3.63, 3.8) is 0 Å². The van der Waals surface area contributed by atoms with Gasteiger partial charge in [0.2, 0.25) is 0 Å². The van der Waals surface area contributed by atoms with Gasteiger partial charge in [0.05, 0.1) is 5.70 Å². The second kappa shape index (κ2) is 11.1. The number of ether oxygens (including phenoxy) is 2. The Labute approximate surface area is 201 Å². The molecule has 0 spiro atoms. The highest BCUT2D eigenvalue weighted by Gasteiger charge is 2.09. The summed E-state index contributed by atoms with van der Waals surface area (Å²) < 4.78 is 34.9. The fourth-order valence-electron chi connectivity index (χ4n) is 3.43. The second-order valence-corrected chi connectivity index (χ2v) is 7.50. The summed E-state index contributed by atoms with van der Waals surface area (Å²) in [5.41, 5.74) is 8.98. The number of halogens is 2. The molecule has 1 heterocycles. The Kier molecular flexibility index (Phi) is 7.52. The van der Waals surface area contributed by atoms with Gasteiger partial charge in [-0.3, -0.25) is 20.6 Å². The van der Waals surface area contributed by atoms with Crippen LogP contribution in [0.4, 0.5) is 8.78 Å². The Bertz CT molecular complexity index is 1320. The van der Waals surface area contributed by atoms with Gasteiger partial charge in [-0.25, -0.2) is 0 Å². The highest BCUT2D eigenvalue weighted by molar-refractivity contribution is 5.94. The van der Waals surface area contributed by atoms with Gasteiger partial charge < -0.3 is 9.47 Å². The number of alkyl halides is 2. The maximum Gasteiger partial charge on any atom is 0.387 e. The zero-order valence-electron chi connectivity index (χ0n) is 18.9. The number of para-hydroxylation sites is 1. The van der Waals surface area contributed by atoms with E-state index >= 15 is 0 Å². The summed E-state index contributed by atoms with van der Waals surface area (Å²) in [5.74, 6) is 0.429. The lowest BCUT2D eigenvalue weighted by Crippen LogP contribution is -2.36. The minimum atomic E-state index is -2.88. The van der Waals surface area contributed by atoms with E-state index in [1.807, 2.05) is 42.5 Å². The first-order valence-electron chi connectivity index (χ1n) is 10.9. The molecule has 1 amide bonds. The van der Waals surface area contributed by atoms with Crippen LogP contribution in [0.1, 0.15) is 28.4 Å². The van der Waals surface area contributed by atoms with Gasteiger partial charge >= 0.3 is 6.61 Å². The van der Waals surface area contributed by atoms with Crippen LogP contribution in [0.5, 0.6) is 11.5 Å². The van der Waals surface area contributed by atoms with E-state index in [2.05, 4.69) is 20.6 Å². The molecule has 0 aliphatic heterocycles. The zero-order valence-corrected chi connectivity index (χ0v) is 18.9. The molecule has 3 aromatic carbocycles. The molecule has 178 valence electrons. The van der Waals surface area contributed by atoms with Crippen molar-refractivity contribution in [3.8, 4) is 11.5 Å². The van der Waals surface area contributed by atoms with E-state index in [-0.39, 0.29) is 11.7 Å². The molecule has 4 rings (SSSR count). The lowest BCUT2D eigenvalue weighted by atomic mass is 10.1. The number of rotatable bonds is 9. The molecule has 2 N–H and O–H groups in total. The van der Waals surface area contributed by atoms with E-state index in [0.717, 1.165) is 16.5 Å². The molecule has 6 nitrogen and oxygen atoms in total. The van der Waals surface area contributed by atoms with Crippen LogP contribution in [0.2, 0.25) is 0 Å². The minimum Gasteiger partial charge on any atom is -0.487 e. The molecule has 0 radical (unpaired) electrons. The number of allylic oxidation sites excluding steroid dienone is 1. The molecule has 4 aromatic rings. The van der Waals surface area contributed by atoms with Crippen molar-refractivity contribution >= 4 is 22.5 Å². The summed E-state index contributed by atoms with van der Waals surface area (Å²) in [6.07, 6.45) is 3.48. The first kappa shape index (κ1) is 23.7. The molecule has 0 atom stereocenters. The van der Waals surface area contributed by atoms with Crippen molar-refractivity contribution in [2.24, 2.45) is 0 Å². The predicted octanol–water partition coefficient (Wildman–Crippen LogP) is 5.71. The lowest BCUT2D eigenvalue weighted by molar-refractivity contribution is -0.0498. The number of carbonyl (C=O) groups excluding carboxylic acids is 1. The van der Waals surface area contributed by atoms with Gasteiger partial charge in [0, 0.05) is 17.1 Å². The van der Waals surface area contributed by atoms with E-state index in [9.17, 15) is 13.6 Å². The van der Waals surface area contributed by atoms with Crippen LogP contribution in [0.25, 0.3) is 16.6 Å². The first-order valence-corrected chi connectivity index (χ1v) is 10.9. The molecule has 0 bridgehead atoms. The van der Waals surface area contributed by atoms with Crippen molar-refractivity contribution < 1.29 is 23.0 Å². The number of fused-ring (bicyclic) bond motifs is 1. The van der Waals surface area contributed by atoms with Gasteiger partial charge in [0.25, 0.3) is 5.91 Å². The number of hydrogen-bond donors (Lipinski definition) is 2. The molecular weight excluding hydrogens is 452 g/mol. The van der Waals surface area contributed by atoms with Gasteiger partial charge in [-0.15, -0.1) is 0 Å². The zero-order chi connectivity index (χ0) is 24.6. The normalized spacial score (nSPS) is 11.4. The number of benzene rings is 3. The predicted molar refractivity (Wildman–Crippen MR) is 130 cm³/mol. The number of nitrogens with zero attached hydrogens (tertiary/aromatic N) is 1. The van der Waals surface area contributed by atoms with Gasteiger partial charge in [-0.05, 0) is 66.6 Å². The molecule has 35 heavy (non-hydrogen) atoms. The van der Waals surface area contributed by atoms with Crippen molar-refractivity contribution in [2.75, 3.05) is 0 Å². The van der Waals surface area contributed by atoms with Crippen LogP contribution < -0.4 is 20.3 Å². The van der Waals surface area contributed by atoms with Crippen LogP contribution in [0, 0.1) is 0 Å². The van der Waals surface area contributed by atoms with Crippen LogP contribution in [0.15, 0.2) is 91.1 Å². The summed E-state index contributed by atoms with van der Waals surface area (Å²) in [7, 11) is 0. The minimum absolute atomic E-state index is 0.0593. The number of aromatic nitrogens is 1. The molecule has 0 unspecified atom stereocenters. The number of hydrogen-bond acceptors (Lipinski definition) is 5. The fraction of sp³-hybridized carbons (Fsp3) is 0.111. The lowest BCUT2D eigenvalue weighted by Gasteiger charge is -2.13. The third-order valence-corrected chi connectivity index (χ3v) is 5.20. The Morgan fingerprint density at radius 2 is 1.66 bits per heavy atom. The summed E-state index contributed by atoms with van der Waals surface area (Å²) in [6.45, 7) is -0.755. The average Bonchev–Trinajstić information content (AvgIpc) is 2.88. The quantitative estimate of drug-likeness (QED) is 0.304. The van der Waals surface area contributed by atoms with Crippen LogP contribution in [-0.4, -0.2) is 17.5 Å². The third-order valence-electron chi connectivity index (χ3n) is 5.20. The standard InChI is InChI=1S/C27H23F2N3O3/c1-2-23(19-12-14-22(15-13-19)35-27(28)29)31-32-26(33)21-10-8-18(9-11-21)17-34-24-7-3-5-20-6-4-16-30-25(20)24/h2-16,27,31H,17H2,1H3,(H,32,33)/b23-2-. The van der Waals surface area contributed by atoms with E-state index in [0.29, 0.717) is 29.2 Å². The molecule has 1 aromatic heterocycles. The second-order valence-electron chi connectivity index (χ2n) is 7.50. The van der Waals surface area contributed by atoms with Crippen molar-refractivity contribution in [2.45, 2.75) is 20.1 Å². The molecular formula is C27H23F2N3O3. The SMILES string of the molecule is C/C=C(\NNC(=O)c1ccc(COc2cccc3cccnc23)cc1)c1ccc(OC(F)F)cc1. The highest BCUT2D eigenvalue weighted by atomic mass is 19.3. The fourth-order valence-corrected chi connectivity index (χ4v) is 3.43. The van der Waals surface area contributed by atoms with E-state index in [4.69, 9.17) is 4.74 Å². The Balaban J connectivity index is 1.33. The van der Waals surface area contributed by atoms with Gasteiger partial charge in [0.1, 0.15) is 23.6 Å². The number of carbonyl (C=O) groups is 1. The van der Waals surface area contributed by atoms with E-state index in [1.54, 1.807) is 43.5 Å². The Morgan fingerprint density at radius 3 is 2.37 bits per heavy atom. The van der Waals surface area contributed by atoms with Gasteiger partial charge in [0.15, 0.2) is 0 Å². The van der Waals surface area contributed by atoms with E-state index < -0.39 is 6.61 Å². The van der Waals surface area contributed by atoms with Gasteiger partial charge in [-0.2, -0.15) is 8.78 Å². The number of nitrogens with one attached hydrogen (secondary N) is 2. The van der Waals surface area contributed by atoms with Gasteiger partial charge in [-0.1, -0.05) is 36.4 Å². The molecule has 0 aliphatic carbocycles. The Hall–Kier alpha value is -4.46. The number of amides is 1. The monoisotopic (exact) mass is 475 g/mol. The largest absolute Gasteiger partial charge is 0.487 e. The molecule has 0 aliphatic rings.